The fraction of sp³-hybridized carbons (Fsp3) is 0.526. The number of carbonyl (C=O) groups excluding carboxylic acids is 3. The maximum atomic E-state index is 14.4. The number of rotatable bonds is 5. The van der Waals surface area contributed by atoms with Crippen molar-refractivity contribution in [3.8, 4) is 0 Å². The summed E-state index contributed by atoms with van der Waals surface area (Å²) in [6, 6.07) is 5.35. The lowest BCUT2D eigenvalue weighted by Gasteiger charge is -2.31. The average Bonchev–Trinajstić information content (AvgIpc) is 3.10. The molecular weight excluding hydrogens is 339 g/mol. The van der Waals surface area contributed by atoms with Crippen LogP contribution in [0.25, 0.3) is 0 Å². The molecule has 1 aromatic carbocycles. The van der Waals surface area contributed by atoms with E-state index in [1.165, 1.54) is 6.07 Å². The molecule has 2 heterocycles. The molecular formula is C19H23FN2O4. The molecule has 4 atom stereocenters. The van der Waals surface area contributed by atoms with Crippen LogP contribution in [0, 0.1) is 17.7 Å². The number of hydrogen-bond donors (Lipinski definition) is 1. The van der Waals surface area contributed by atoms with Crippen molar-refractivity contribution in [2.75, 3.05) is 13.2 Å². The molecule has 6 nitrogen and oxygen atoms in total. The molecule has 2 saturated heterocycles. The van der Waals surface area contributed by atoms with Gasteiger partial charge in [0.1, 0.15) is 11.4 Å². The van der Waals surface area contributed by atoms with Crippen molar-refractivity contribution in [1.82, 2.24) is 10.2 Å². The Morgan fingerprint density at radius 1 is 1.23 bits per heavy atom. The lowest BCUT2D eigenvalue weighted by Crippen LogP contribution is -2.56. The molecule has 1 N–H and O–H groups in total. The molecule has 26 heavy (non-hydrogen) atoms. The molecule has 2 aliphatic heterocycles. The van der Waals surface area contributed by atoms with Crippen LogP contribution in [-0.2, 0) is 19.1 Å². The third-order valence-electron chi connectivity index (χ3n) is 5.50. The first-order chi connectivity index (χ1) is 12.4. The molecule has 0 bridgehead atoms. The number of nitrogens with one attached hydrogen (secondary N) is 1. The largest absolute Gasteiger partial charge is 0.465 e. The summed E-state index contributed by atoms with van der Waals surface area (Å²) in [5, 5.41) is 3.12. The van der Waals surface area contributed by atoms with Gasteiger partial charge >= 0.3 is 5.97 Å². The van der Waals surface area contributed by atoms with Gasteiger partial charge in [-0.3, -0.25) is 24.6 Å². The predicted molar refractivity (Wildman–Crippen MR) is 91.3 cm³/mol. The highest BCUT2D eigenvalue weighted by molar-refractivity contribution is 6.09. The minimum atomic E-state index is -1.34. The topological polar surface area (TPSA) is 75.7 Å². The smallest absolute Gasteiger partial charge is 0.327 e. The van der Waals surface area contributed by atoms with Crippen LogP contribution in [0.5, 0.6) is 0 Å². The van der Waals surface area contributed by atoms with E-state index < -0.39 is 41.1 Å². The SMILES string of the molecule is CCOC(=O)[C@]1(CC)N[C@H](c2ccccc2F)[C@@H]2C(=O)N(CC)C(=O)[C@H]21. The zero-order valence-electron chi connectivity index (χ0n) is 15.1. The number of carbonyl (C=O) groups is 3. The highest BCUT2D eigenvalue weighted by atomic mass is 19.1. The van der Waals surface area contributed by atoms with Crippen LogP contribution in [-0.4, -0.2) is 41.4 Å². The number of halogens is 1. The van der Waals surface area contributed by atoms with Crippen LogP contribution >= 0.6 is 0 Å². The Kier molecular flexibility index (Phi) is 4.84. The van der Waals surface area contributed by atoms with Crippen LogP contribution in [0.15, 0.2) is 24.3 Å². The van der Waals surface area contributed by atoms with Crippen LogP contribution in [0.2, 0.25) is 0 Å². The molecule has 1 aromatic rings. The highest BCUT2D eigenvalue weighted by Gasteiger charge is 2.68. The van der Waals surface area contributed by atoms with E-state index in [0.717, 1.165) is 4.90 Å². The number of hydrogen-bond acceptors (Lipinski definition) is 5. The van der Waals surface area contributed by atoms with Crippen molar-refractivity contribution in [2.24, 2.45) is 11.8 Å². The molecule has 3 rings (SSSR count). The quantitative estimate of drug-likeness (QED) is 0.639. The maximum Gasteiger partial charge on any atom is 0.327 e. The third-order valence-corrected chi connectivity index (χ3v) is 5.50. The second-order valence-electron chi connectivity index (χ2n) is 6.61. The summed E-state index contributed by atoms with van der Waals surface area (Å²) in [6.45, 7) is 5.53. The van der Waals surface area contributed by atoms with Gasteiger partial charge in [0.2, 0.25) is 11.8 Å². The number of nitrogens with zero attached hydrogens (tertiary/aromatic N) is 1. The second kappa shape index (κ2) is 6.79. The first kappa shape index (κ1) is 18.5. The molecule has 0 radical (unpaired) electrons. The van der Waals surface area contributed by atoms with E-state index in [0.29, 0.717) is 0 Å². The average molecular weight is 362 g/mol. The van der Waals surface area contributed by atoms with Crippen LogP contribution in [0.4, 0.5) is 4.39 Å². The van der Waals surface area contributed by atoms with Gasteiger partial charge in [-0.15, -0.1) is 0 Å². The first-order valence-electron chi connectivity index (χ1n) is 8.97. The van der Waals surface area contributed by atoms with Gasteiger partial charge < -0.3 is 4.74 Å². The number of imide groups is 1. The number of benzene rings is 1. The molecule has 0 saturated carbocycles. The highest BCUT2D eigenvalue weighted by Crippen LogP contribution is 2.50. The Hall–Kier alpha value is -2.28. The van der Waals surface area contributed by atoms with Gasteiger partial charge in [0.15, 0.2) is 0 Å². The first-order valence-corrected chi connectivity index (χ1v) is 8.97. The summed E-state index contributed by atoms with van der Waals surface area (Å²) in [5.74, 6) is -3.55. The van der Waals surface area contributed by atoms with E-state index in [4.69, 9.17) is 4.74 Å². The van der Waals surface area contributed by atoms with Gasteiger partial charge in [0, 0.05) is 18.2 Å². The van der Waals surface area contributed by atoms with Crippen LogP contribution < -0.4 is 5.32 Å². The maximum absolute atomic E-state index is 14.4. The Labute approximate surface area is 151 Å². The lowest BCUT2D eigenvalue weighted by atomic mass is 9.78. The normalized spacial score (nSPS) is 30.6. The second-order valence-corrected chi connectivity index (χ2v) is 6.61. The van der Waals surface area contributed by atoms with Crippen molar-refractivity contribution in [2.45, 2.75) is 38.8 Å². The summed E-state index contributed by atoms with van der Waals surface area (Å²) in [6.07, 6.45) is 0.258. The molecule has 140 valence electrons. The number of ether oxygens (including phenoxy) is 1. The number of fused-ring (bicyclic) bond motifs is 1. The molecule has 2 amide bonds. The van der Waals surface area contributed by atoms with Crippen LogP contribution in [0.3, 0.4) is 0 Å². The molecule has 2 fully saturated rings. The molecule has 0 spiro atoms. The molecule has 2 aliphatic rings. The van der Waals surface area contributed by atoms with E-state index in [1.807, 2.05) is 0 Å². The van der Waals surface area contributed by atoms with Gasteiger partial charge in [-0.05, 0) is 26.3 Å². The summed E-state index contributed by atoms with van der Waals surface area (Å²) >= 11 is 0. The van der Waals surface area contributed by atoms with Crippen molar-refractivity contribution >= 4 is 17.8 Å². The van der Waals surface area contributed by atoms with Gasteiger partial charge in [-0.25, -0.2) is 4.39 Å². The number of esters is 1. The Morgan fingerprint density at radius 2 is 1.92 bits per heavy atom. The van der Waals surface area contributed by atoms with E-state index in [-0.39, 0.29) is 31.0 Å². The fourth-order valence-electron chi connectivity index (χ4n) is 4.28. The Morgan fingerprint density at radius 3 is 2.50 bits per heavy atom. The van der Waals surface area contributed by atoms with E-state index in [2.05, 4.69) is 5.32 Å². The summed E-state index contributed by atoms with van der Waals surface area (Å²) in [4.78, 5) is 39.8. The summed E-state index contributed by atoms with van der Waals surface area (Å²) in [5.41, 5.74) is -1.06. The fourth-order valence-corrected chi connectivity index (χ4v) is 4.28. The Balaban J connectivity index is 2.15. The van der Waals surface area contributed by atoms with Gasteiger partial charge in [0.25, 0.3) is 0 Å². The van der Waals surface area contributed by atoms with Crippen molar-refractivity contribution in [1.29, 1.82) is 0 Å². The van der Waals surface area contributed by atoms with Crippen LogP contribution in [0.1, 0.15) is 38.8 Å². The molecule has 0 unspecified atom stereocenters. The van der Waals surface area contributed by atoms with E-state index >= 15 is 0 Å². The molecule has 0 aromatic heterocycles. The minimum Gasteiger partial charge on any atom is -0.465 e. The standard InChI is InChI=1S/C19H23FN2O4/c1-4-19(18(25)26-6-3)14-13(16(23)22(5-2)17(14)24)15(21-19)11-9-7-8-10-12(11)20/h7-10,13-15,21H,4-6H2,1-3H3/t13-,14+,15-,19-/m1/s1. The van der Waals surface area contributed by atoms with Crippen molar-refractivity contribution in [3.05, 3.63) is 35.6 Å². The third kappa shape index (κ3) is 2.45. The minimum absolute atomic E-state index is 0.156. The molecule has 0 aliphatic carbocycles. The van der Waals surface area contributed by atoms with E-state index in [9.17, 15) is 18.8 Å². The zero-order valence-corrected chi connectivity index (χ0v) is 15.1. The number of likely N-dealkylation sites (tertiary alicyclic amines) is 1. The van der Waals surface area contributed by atoms with Gasteiger partial charge in [-0.1, -0.05) is 25.1 Å². The zero-order chi connectivity index (χ0) is 19.1. The van der Waals surface area contributed by atoms with Crippen molar-refractivity contribution in [3.63, 3.8) is 0 Å². The predicted octanol–water partition coefficient (Wildman–Crippen LogP) is 1.80. The summed E-state index contributed by atoms with van der Waals surface area (Å²) in [7, 11) is 0. The lowest BCUT2D eigenvalue weighted by molar-refractivity contribution is -0.156. The summed E-state index contributed by atoms with van der Waals surface area (Å²) < 4.78 is 19.7. The number of amides is 2. The Bertz CT molecular complexity index is 753. The van der Waals surface area contributed by atoms with E-state index in [1.54, 1.807) is 39.0 Å². The van der Waals surface area contributed by atoms with Gasteiger partial charge in [-0.2, -0.15) is 0 Å². The monoisotopic (exact) mass is 362 g/mol. The molecule has 7 heteroatoms. The van der Waals surface area contributed by atoms with Gasteiger partial charge in [0.05, 0.1) is 18.4 Å². The van der Waals surface area contributed by atoms with Crippen molar-refractivity contribution < 1.29 is 23.5 Å².